The Morgan fingerprint density at radius 2 is 2.06 bits per heavy atom. The number of nitrogens with one attached hydrogen (secondary N) is 1. The third kappa shape index (κ3) is 2.61. The van der Waals surface area contributed by atoms with Crippen molar-refractivity contribution in [2.24, 2.45) is 5.92 Å². The average Bonchev–Trinajstić information content (AvgIpc) is 2.37. The van der Waals surface area contributed by atoms with Gasteiger partial charge in [-0.1, -0.05) is 31.4 Å². The number of methoxy groups -OCH3 is 2. The molecule has 1 atom stereocenters. The maximum Gasteiger partial charge on any atom is 0.165 e. The highest BCUT2D eigenvalue weighted by Crippen LogP contribution is 2.40. The van der Waals surface area contributed by atoms with E-state index in [2.05, 4.69) is 11.4 Å². The van der Waals surface area contributed by atoms with Crippen molar-refractivity contribution in [3.05, 3.63) is 23.8 Å². The second-order valence-corrected chi connectivity index (χ2v) is 4.96. The van der Waals surface area contributed by atoms with Gasteiger partial charge < -0.3 is 14.8 Å². The Morgan fingerprint density at radius 3 is 2.56 bits per heavy atom. The molecule has 1 aliphatic rings. The summed E-state index contributed by atoms with van der Waals surface area (Å²) in [4.78, 5) is 0. The summed E-state index contributed by atoms with van der Waals surface area (Å²) in [5.74, 6) is 2.53. The Labute approximate surface area is 109 Å². The van der Waals surface area contributed by atoms with E-state index in [1.807, 2.05) is 19.2 Å². The molecule has 3 nitrogen and oxygen atoms in total. The molecule has 0 bridgehead atoms. The molecule has 0 amide bonds. The van der Waals surface area contributed by atoms with Crippen LogP contribution in [0.1, 0.15) is 37.3 Å². The van der Waals surface area contributed by atoms with Crippen molar-refractivity contribution in [3.8, 4) is 11.5 Å². The van der Waals surface area contributed by atoms with Gasteiger partial charge in [0, 0.05) is 11.6 Å². The first-order chi connectivity index (χ1) is 8.80. The third-order valence-electron chi connectivity index (χ3n) is 3.95. The summed E-state index contributed by atoms with van der Waals surface area (Å²) in [7, 11) is 5.40. The Morgan fingerprint density at radius 1 is 1.28 bits per heavy atom. The van der Waals surface area contributed by atoms with Crippen LogP contribution in [0.5, 0.6) is 11.5 Å². The van der Waals surface area contributed by atoms with Gasteiger partial charge in [-0.25, -0.2) is 0 Å². The van der Waals surface area contributed by atoms with Gasteiger partial charge >= 0.3 is 0 Å². The van der Waals surface area contributed by atoms with Gasteiger partial charge in [0.2, 0.25) is 0 Å². The molecule has 1 aromatic carbocycles. The summed E-state index contributed by atoms with van der Waals surface area (Å²) in [5, 5.41) is 3.41. The lowest BCUT2D eigenvalue weighted by molar-refractivity contribution is 0.261. The molecule has 18 heavy (non-hydrogen) atoms. The zero-order valence-corrected chi connectivity index (χ0v) is 11.5. The molecule has 1 aliphatic carbocycles. The summed E-state index contributed by atoms with van der Waals surface area (Å²) < 4.78 is 10.9. The van der Waals surface area contributed by atoms with Crippen molar-refractivity contribution in [3.63, 3.8) is 0 Å². The van der Waals surface area contributed by atoms with E-state index in [1.165, 1.54) is 31.2 Å². The van der Waals surface area contributed by atoms with E-state index in [0.717, 1.165) is 17.4 Å². The predicted molar refractivity (Wildman–Crippen MR) is 73.3 cm³/mol. The van der Waals surface area contributed by atoms with Crippen LogP contribution in [0.25, 0.3) is 0 Å². The fourth-order valence-electron chi connectivity index (χ4n) is 2.65. The highest BCUT2D eigenvalue weighted by molar-refractivity contribution is 5.48. The van der Waals surface area contributed by atoms with Gasteiger partial charge in [-0.3, -0.25) is 0 Å². The van der Waals surface area contributed by atoms with Crippen molar-refractivity contribution >= 4 is 0 Å². The summed E-state index contributed by atoms with van der Waals surface area (Å²) in [5.41, 5.74) is 1.20. The zero-order chi connectivity index (χ0) is 13.0. The average molecular weight is 249 g/mol. The van der Waals surface area contributed by atoms with E-state index < -0.39 is 0 Å². The van der Waals surface area contributed by atoms with Crippen LogP contribution in [0.2, 0.25) is 0 Å². The van der Waals surface area contributed by atoms with Crippen LogP contribution >= 0.6 is 0 Å². The molecule has 0 aromatic heterocycles. The molecule has 3 heteroatoms. The van der Waals surface area contributed by atoms with Gasteiger partial charge in [0.15, 0.2) is 11.5 Å². The van der Waals surface area contributed by atoms with Crippen LogP contribution in [0.3, 0.4) is 0 Å². The standard InChI is InChI=1S/C15H23NO2/c1-16-13(10-11-6-4-7-11)12-8-5-9-14(17-2)15(12)18-3/h5,8-9,11,13,16H,4,6-7,10H2,1-3H3. The summed E-state index contributed by atoms with van der Waals surface area (Å²) in [6.45, 7) is 0. The van der Waals surface area contributed by atoms with E-state index >= 15 is 0 Å². The van der Waals surface area contributed by atoms with E-state index in [0.29, 0.717) is 6.04 Å². The van der Waals surface area contributed by atoms with Gasteiger partial charge in [0.05, 0.1) is 14.2 Å². The van der Waals surface area contributed by atoms with E-state index in [1.54, 1.807) is 14.2 Å². The molecule has 2 rings (SSSR count). The fourth-order valence-corrected chi connectivity index (χ4v) is 2.65. The van der Waals surface area contributed by atoms with Crippen molar-refractivity contribution in [1.29, 1.82) is 0 Å². The number of ether oxygens (including phenoxy) is 2. The number of hydrogen-bond acceptors (Lipinski definition) is 3. The monoisotopic (exact) mass is 249 g/mol. The highest BCUT2D eigenvalue weighted by Gasteiger charge is 2.24. The smallest absolute Gasteiger partial charge is 0.165 e. The minimum atomic E-state index is 0.348. The second kappa shape index (κ2) is 6.10. The van der Waals surface area contributed by atoms with Crippen LogP contribution in [0, 0.1) is 5.92 Å². The zero-order valence-electron chi connectivity index (χ0n) is 11.5. The molecule has 1 aromatic rings. The summed E-state index contributed by atoms with van der Waals surface area (Å²) in [6, 6.07) is 6.45. The van der Waals surface area contributed by atoms with Crippen molar-refractivity contribution in [1.82, 2.24) is 5.32 Å². The molecular formula is C15H23NO2. The van der Waals surface area contributed by atoms with Crippen LogP contribution in [0.15, 0.2) is 18.2 Å². The van der Waals surface area contributed by atoms with Gasteiger partial charge in [-0.15, -0.1) is 0 Å². The van der Waals surface area contributed by atoms with Crippen molar-refractivity contribution in [2.75, 3.05) is 21.3 Å². The molecule has 0 radical (unpaired) electrons. The highest BCUT2D eigenvalue weighted by atomic mass is 16.5. The molecule has 0 aliphatic heterocycles. The largest absolute Gasteiger partial charge is 0.493 e. The molecule has 1 N–H and O–H groups in total. The predicted octanol–water partition coefficient (Wildman–Crippen LogP) is 3.15. The topological polar surface area (TPSA) is 30.5 Å². The van der Waals surface area contributed by atoms with Gasteiger partial charge in [-0.05, 0) is 25.5 Å². The van der Waals surface area contributed by atoms with Gasteiger partial charge in [-0.2, -0.15) is 0 Å². The first-order valence-corrected chi connectivity index (χ1v) is 6.68. The van der Waals surface area contributed by atoms with Crippen molar-refractivity contribution in [2.45, 2.75) is 31.7 Å². The number of rotatable bonds is 6. The first-order valence-electron chi connectivity index (χ1n) is 6.68. The summed E-state index contributed by atoms with van der Waals surface area (Å²) >= 11 is 0. The first kappa shape index (κ1) is 13.2. The lowest BCUT2D eigenvalue weighted by Gasteiger charge is -2.30. The SMILES string of the molecule is CNC(CC1CCC1)c1cccc(OC)c1OC. The minimum Gasteiger partial charge on any atom is -0.493 e. The van der Waals surface area contributed by atoms with Gasteiger partial charge in [0.1, 0.15) is 0 Å². The molecule has 0 heterocycles. The molecule has 0 saturated heterocycles. The molecular weight excluding hydrogens is 226 g/mol. The third-order valence-corrected chi connectivity index (χ3v) is 3.95. The molecule has 0 spiro atoms. The maximum absolute atomic E-state index is 5.52. The second-order valence-electron chi connectivity index (χ2n) is 4.96. The van der Waals surface area contributed by atoms with Crippen molar-refractivity contribution < 1.29 is 9.47 Å². The normalized spacial score (nSPS) is 17.1. The van der Waals surface area contributed by atoms with Gasteiger partial charge in [0.25, 0.3) is 0 Å². The molecule has 1 fully saturated rings. The quantitative estimate of drug-likeness (QED) is 0.840. The Bertz CT molecular complexity index is 388. The lowest BCUT2D eigenvalue weighted by atomic mass is 9.79. The van der Waals surface area contributed by atoms with Crippen LogP contribution < -0.4 is 14.8 Å². The molecule has 1 unspecified atom stereocenters. The Balaban J connectivity index is 2.22. The number of benzene rings is 1. The maximum atomic E-state index is 5.52. The number of hydrogen-bond donors (Lipinski definition) is 1. The van der Waals surface area contributed by atoms with Crippen LogP contribution in [0.4, 0.5) is 0 Å². The van der Waals surface area contributed by atoms with E-state index in [4.69, 9.17) is 9.47 Å². The van der Waals surface area contributed by atoms with E-state index in [-0.39, 0.29) is 0 Å². The number of para-hydroxylation sites is 1. The minimum absolute atomic E-state index is 0.348. The summed E-state index contributed by atoms with van der Waals surface area (Å²) in [6.07, 6.45) is 5.30. The van der Waals surface area contributed by atoms with Crippen LogP contribution in [-0.2, 0) is 0 Å². The van der Waals surface area contributed by atoms with E-state index in [9.17, 15) is 0 Å². The Kier molecular flexibility index (Phi) is 4.48. The molecule has 1 saturated carbocycles. The fraction of sp³-hybridized carbons (Fsp3) is 0.600. The van der Waals surface area contributed by atoms with Crippen LogP contribution in [-0.4, -0.2) is 21.3 Å². The Hall–Kier alpha value is -1.22. The molecule has 100 valence electrons. The lowest BCUT2D eigenvalue weighted by Crippen LogP contribution is -2.23.